The molecule has 1 N–H and O–H groups in total. The monoisotopic (exact) mass is 284 g/mol. The van der Waals surface area contributed by atoms with Gasteiger partial charge in [0.15, 0.2) is 0 Å². The fourth-order valence-corrected chi connectivity index (χ4v) is 1.23. The van der Waals surface area contributed by atoms with E-state index in [-0.39, 0.29) is 6.10 Å². The van der Waals surface area contributed by atoms with E-state index in [9.17, 15) is 0 Å². The number of ether oxygens (including phenoxy) is 1. The minimum atomic E-state index is 0.240. The molecule has 0 saturated carbocycles. The molecule has 0 aliphatic rings. The van der Waals surface area contributed by atoms with Crippen LogP contribution in [0.5, 0.6) is 5.75 Å². The molecule has 0 saturated heterocycles. The summed E-state index contributed by atoms with van der Waals surface area (Å²) in [5, 5.41) is 3.10. The first-order valence-corrected chi connectivity index (χ1v) is 7.96. The summed E-state index contributed by atoms with van der Waals surface area (Å²) in [6, 6.07) is 3.85. The highest BCUT2D eigenvalue weighted by molar-refractivity contribution is 5.21. The van der Waals surface area contributed by atoms with Crippen molar-refractivity contribution in [1.29, 1.82) is 0 Å². The molecule has 120 valence electrons. The van der Waals surface area contributed by atoms with Crippen molar-refractivity contribution >= 4 is 0 Å². The topological polar surface area (TPSA) is 34.1 Å². The standard InChI is InChI=1S/C11H18N2O.3C2H6/c1-9-8-11(5-7-13-9)14-10(2)4-6-12-3;3*1-2/h5,7-8,10,12H,4,6H2,1-3H3;3*1-2H3. The quantitative estimate of drug-likeness (QED) is 0.839. The summed E-state index contributed by atoms with van der Waals surface area (Å²) >= 11 is 0. The van der Waals surface area contributed by atoms with Gasteiger partial charge in [0.25, 0.3) is 0 Å². The Morgan fingerprint density at radius 1 is 1.15 bits per heavy atom. The largest absolute Gasteiger partial charge is 0.491 e. The van der Waals surface area contributed by atoms with E-state index >= 15 is 0 Å². The molecular formula is C17H36N2O. The molecule has 3 heteroatoms. The number of aryl methyl sites for hydroxylation is 1. The zero-order chi connectivity index (χ0) is 16.4. The molecule has 0 radical (unpaired) electrons. The maximum Gasteiger partial charge on any atom is 0.123 e. The lowest BCUT2D eigenvalue weighted by Crippen LogP contribution is -2.19. The van der Waals surface area contributed by atoms with Gasteiger partial charge in [0.05, 0.1) is 6.10 Å². The highest BCUT2D eigenvalue weighted by atomic mass is 16.5. The lowest BCUT2D eigenvalue weighted by molar-refractivity contribution is 0.210. The Morgan fingerprint density at radius 2 is 1.70 bits per heavy atom. The van der Waals surface area contributed by atoms with Gasteiger partial charge in [-0.3, -0.25) is 4.98 Å². The smallest absolute Gasteiger partial charge is 0.123 e. The predicted octanol–water partition coefficient (Wildman–Crippen LogP) is 4.85. The number of hydrogen-bond acceptors (Lipinski definition) is 3. The Balaban J connectivity index is -0.000000425. The van der Waals surface area contributed by atoms with Gasteiger partial charge < -0.3 is 10.1 Å². The molecule has 0 aliphatic heterocycles. The summed E-state index contributed by atoms with van der Waals surface area (Å²) in [5.41, 5.74) is 0.989. The van der Waals surface area contributed by atoms with Crippen molar-refractivity contribution < 1.29 is 4.74 Å². The third-order valence-corrected chi connectivity index (χ3v) is 2.01. The van der Waals surface area contributed by atoms with Crippen molar-refractivity contribution in [1.82, 2.24) is 10.3 Å². The molecule has 0 fully saturated rings. The van der Waals surface area contributed by atoms with Crippen LogP contribution in [0.15, 0.2) is 18.3 Å². The van der Waals surface area contributed by atoms with Crippen molar-refractivity contribution in [2.45, 2.75) is 67.9 Å². The van der Waals surface area contributed by atoms with Gasteiger partial charge in [-0.25, -0.2) is 0 Å². The molecule has 0 spiro atoms. The zero-order valence-electron chi connectivity index (χ0n) is 15.1. The highest BCUT2D eigenvalue weighted by Crippen LogP contribution is 2.13. The van der Waals surface area contributed by atoms with E-state index in [4.69, 9.17) is 4.74 Å². The second-order valence-corrected chi connectivity index (χ2v) is 3.45. The third kappa shape index (κ3) is 15.0. The molecule has 1 aromatic heterocycles. The molecule has 0 amide bonds. The lowest BCUT2D eigenvalue weighted by Gasteiger charge is -2.14. The maximum absolute atomic E-state index is 5.72. The Bertz CT molecular complexity index is 277. The van der Waals surface area contributed by atoms with Gasteiger partial charge in [0.2, 0.25) is 0 Å². The number of nitrogens with one attached hydrogen (secondary N) is 1. The number of aromatic nitrogens is 1. The van der Waals surface area contributed by atoms with Crippen molar-refractivity contribution in [2.24, 2.45) is 0 Å². The molecule has 0 aliphatic carbocycles. The summed E-state index contributed by atoms with van der Waals surface area (Å²) in [7, 11) is 1.95. The van der Waals surface area contributed by atoms with Crippen LogP contribution in [0.1, 0.15) is 60.6 Å². The molecule has 1 rings (SSSR count). The SMILES string of the molecule is CC.CC.CC.CNCCC(C)Oc1ccnc(C)c1. The third-order valence-electron chi connectivity index (χ3n) is 2.01. The van der Waals surface area contributed by atoms with Crippen LogP contribution in [0, 0.1) is 6.92 Å². The van der Waals surface area contributed by atoms with E-state index in [1.807, 2.05) is 67.6 Å². The minimum absolute atomic E-state index is 0.240. The van der Waals surface area contributed by atoms with Gasteiger partial charge in [0.1, 0.15) is 5.75 Å². The summed E-state index contributed by atoms with van der Waals surface area (Å²) in [6.07, 6.45) is 3.03. The van der Waals surface area contributed by atoms with Gasteiger partial charge >= 0.3 is 0 Å². The Kier molecular flexibility index (Phi) is 24.2. The normalized spacial score (nSPS) is 9.65. The summed E-state index contributed by atoms with van der Waals surface area (Å²) < 4.78 is 5.72. The second kappa shape index (κ2) is 20.2. The molecule has 20 heavy (non-hydrogen) atoms. The predicted molar refractivity (Wildman–Crippen MR) is 91.7 cm³/mol. The van der Waals surface area contributed by atoms with E-state index in [1.165, 1.54) is 0 Å². The number of rotatable bonds is 5. The molecule has 1 aromatic rings. The molecule has 1 unspecified atom stereocenters. The van der Waals surface area contributed by atoms with E-state index in [0.717, 1.165) is 24.4 Å². The fraction of sp³-hybridized carbons (Fsp3) is 0.706. The van der Waals surface area contributed by atoms with Crippen LogP contribution in [0.3, 0.4) is 0 Å². The second-order valence-electron chi connectivity index (χ2n) is 3.45. The first-order chi connectivity index (χ1) is 9.72. The van der Waals surface area contributed by atoms with E-state index in [2.05, 4.69) is 17.2 Å². The zero-order valence-corrected chi connectivity index (χ0v) is 15.1. The maximum atomic E-state index is 5.72. The van der Waals surface area contributed by atoms with Gasteiger partial charge in [-0.05, 0) is 39.9 Å². The molecular weight excluding hydrogens is 248 g/mol. The van der Waals surface area contributed by atoms with Crippen LogP contribution >= 0.6 is 0 Å². The fourth-order valence-electron chi connectivity index (χ4n) is 1.23. The Hall–Kier alpha value is -1.09. The first-order valence-electron chi connectivity index (χ1n) is 7.96. The molecule has 1 atom stereocenters. The van der Waals surface area contributed by atoms with Gasteiger partial charge in [0, 0.05) is 18.0 Å². The van der Waals surface area contributed by atoms with Gasteiger partial charge in [-0.2, -0.15) is 0 Å². The average Bonchev–Trinajstić information content (AvgIpc) is 2.51. The first kappa shape index (κ1) is 24.0. The van der Waals surface area contributed by atoms with Crippen LogP contribution < -0.4 is 10.1 Å². The van der Waals surface area contributed by atoms with Crippen molar-refractivity contribution in [2.75, 3.05) is 13.6 Å². The van der Waals surface area contributed by atoms with Gasteiger partial charge in [-0.1, -0.05) is 41.5 Å². The lowest BCUT2D eigenvalue weighted by atomic mass is 10.3. The van der Waals surface area contributed by atoms with Crippen molar-refractivity contribution in [3.05, 3.63) is 24.0 Å². The minimum Gasteiger partial charge on any atom is -0.491 e. The van der Waals surface area contributed by atoms with Crippen LogP contribution in [-0.4, -0.2) is 24.7 Å². The van der Waals surface area contributed by atoms with E-state index in [1.54, 1.807) is 6.20 Å². The van der Waals surface area contributed by atoms with Crippen LogP contribution in [-0.2, 0) is 0 Å². The van der Waals surface area contributed by atoms with Crippen LogP contribution in [0.25, 0.3) is 0 Å². The number of hydrogen-bond donors (Lipinski definition) is 1. The number of pyridine rings is 1. The Labute approximate surface area is 127 Å². The molecule has 0 aromatic carbocycles. The van der Waals surface area contributed by atoms with E-state index in [0.29, 0.717) is 0 Å². The number of nitrogens with zero attached hydrogens (tertiary/aromatic N) is 1. The van der Waals surface area contributed by atoms with Gasteiger partial charge in [-0.15, -0.1) is 0 Å². The van der Waals surface area contributed by atoms with E-state index < -0.39 is 0 Å². The van der Waals surface area contributed by atoms with Crippen molar-refractivity contribution in [3.8, 4) is 5.75 Å². The highest BCUT2D eigenvalue weighted by Gasteiger charge is 2.02. The summed E-state index contributed by atoms with van der Waals surface area (Å²) in [5.74, 6) is 0.904. The Morgan fingerprint density at radius 3 is 2.15 bits per heavy atom. The molecule has 1 heterocycles. The summed E-state index contributed by atoms with van der Waals surface area (Å²) in [6.45, 7) is 17.0. The summed E-state index contributed by atoms with van der Waals surface area (Å²) in [4.78, 5) is 4.12. The van der Waals surface area contributed by atoms with Crippen LogP contribution in [0.2, 0.25) is 0 Å². The average molecular weight is 284 g/mol. The molecule has 0 bridgehead atoms. The molecule has 3 nitrogen and oxygen atoms in total. The van der Waals surface area contributed by atoms with Crippen molar-refractivity contribution in [3.63, 3.8) is 0 Å². The van der Waals surface area contributed by atoms with Crippen LogP contribution in [0.4, 0.5) is 0 Å².